The molecule has 3 N–H and O–H groups in total. The average Bonchev–Trinajstić information content (AvgIpc) is 2.47. The fourth-order valence-electron chi connectivity index (χ4n) is 2.63. The van der Waals surface area contributed by atoms with Gasteiger partial charge in [-0.1, -0.05) is 6.92 Å². The summed E-state index contributed by atoms with van der Waals surface area (Å²) < 4.78 is 0. The third kappa shape index (κ3) is 3.97. The number of nitrogens with one attached hydrogen (secondary N) is 1. The summed E-state index contributed by atoms with van der Waals surface area (Å²) >= 11 is 0. The number of hydrogen-bond donors (Lipinski definition) is 2. The van der Waals surface area contributed by atoms with E-state index in [2.05, 4.69) is 19.2 Å². The molecular weight excluding hydrogens is 266 g/mol. The van der Waals surface area contributed by atoms with E-state index in [-0.39, 0.29) is 24.4 Å². The summed E-state index contributed by atoms with van der Waals surface area (Å²) in [7, 11) is 0. The van der Waals surface area contributed by atoms with E-state index in [1.54, 1.807) is 24.3 Å². The van der Waals surface area contributed by atoms with Gasteiger partial charge in [0, 0.05) is 23.8 Å². The molecule has 0 spiro atoms. The number of piperidine rings is 1. The Bertz CT molecular complexity index is 513. The molecule has 21 heavy (non-hydrogen) atoms. The quantitative estimate of drug-likeness (QED) is 0.831. The van der Waals surface area contributed by atoms with Crippen LogP contribution < -0.4 is 11.1 Å². The maximum absolute atomic E-state index is 12.2. The molecule has 2 unspecified atom stereocenters. The van der Waals surface area contributed by atoms with Gasteiger partial charge in [-0.25, -0.2) is 0 Å². The summed E-state index contributed by atoms with van der Waals surface area (Å²) in [5.74, 6) is 0.261. The van der Waals surface area contributed by atoms with E-state index in [1.807, 2.05) is 4.90 Å². The van der Waals surface area contributed by atoms with Crippen molar-refractivity contribution in [3.63, 3.8) is 0 Å². The first-order valence-electron chi connectivity index (χ1n) is 7.40. The average molecular weight is 289 g/mol. The molecule has 2 rings (SSSR count). The first kappa shape index (κ1) is 15.4. The van der Waals surface area contributed by atoms with E-state index in [1.165, 1.54) is 0 Å². The molecule has 1 aliphatic rings. The van der Waals surface area contributed by atoms with Crippen LogP contribution in [0.2, 0.25) is 0 Å². The van der Waals surface area contributed by atoms with E-state index in [9.17, 15) is 9.59 Å². The van der Waals surface area contributed by atoms with E-state index in [0.717, 1.165) is 19.4 Å². The Balaban J connectivity index is 1.88. The molecule has 1 heterocycles. The van der Waals surface area contributed by atoms with Crippen LogP contribution in [0.15, 0.2) is 24.3 Å². The lowest BCUT2D eigenvalue weighted by Crippen LogP contribution is -2.48. The Kier molecular flexibility index (Phi) is 4.83. The molecule has 114 valence electrons. The van der Waals surface area contributed by atoms with Gasteiger partial charge in [0.2, 0.25) is 5.91 Å². The van der Waals surface area contributed by atoms with Crippen LogP contribution in [0.1, 0.15) is 37.0 Å². The van der Waals surface area contributed by atoms with Crippen molar-refractivity contribution in [3.8, 4) is 0 Å². The fraction of sp³-hybridized carbons (Fsp3) is 0.500. The molecule has 0 bridgehead atoms. The zero-order chi connectivity index (χ0) is 15.4. The van der Waals surface area contributed by atoms with Crippen molar-refractivity contribution in [3.05, 3.63) is 29.8 Å². The number of nitrogens with two attached hydrogens (primary N) is 1. The maximum Gasteiger partial charge on any atom is 0.251 e. The molecule has 1 aliphatic heterocycles. The van der Waals surface area contributed by atoms with Crippen LogP contribution in [0.3, 0.4) is 0 Å². The molecule has 2 amide bonds. The maximum atomic E-state index is 12.2. The number of hydrogen-bond acceptors (Lipinski definition) is 3. The molecule has 0 aliphatic carbocycles. The Hall–Kier alpha value is -2.04. The number of nitrogen functional groups attached to an aromatic ring is 1. The smallest absolute Gasteiger partial charge is 0.251 e. The lowest BCUT2D eigenvalue weighted by molar-refractivity contribution is -0.134. The summed E-state index contributed by atoms with van der Waals surface area (Å²) in [6.07, 6.45) is 2.18. The number of amides is 2. The van der Waals surface area contributed by atoms with Crippen molar-refractivity contribution in [1.82, 2.24) is 10.2 Å². The molecule has 0 radical (unpaired) electrons. The molecule has 0 aromatic heterocycles. The first-order valence-corrected chi connectivity index (χ1v) is 7.40. The van der Waals surface area contributed by atoms with Crippen molar-refractivity contribution >= 4 is 17.5 Å². The van der Waals surface area contributed by atoms with Crippen molar-refractivity contribution in [2.24, 2.45) is 5.92 Å². The Morgan fingerprint density at radius 3 is 2.57 bits per heavy atom. The Morgan fingerprint density at radius 1 is 1.24 bits per heavy atom. The summed E-state index contributed by atoms with van der Waals surface area (Å²) in [6, 6.07) is 6.90. The molecular formula is C16H23N3O2. The minimum atomic E-state index is -0.249. The van der Waals surface area contributed by atoms with E-state index < -0.39 is 0 Å². The zero-order valence-electron chi connectivity index (χ0n) is 12.6. The number of rotatable bonds is 3. The summed E-state index contributed by atoms with van der Waals surface area (Å²) in [5, 5.41) is 2.68. The zero-order valence-corrected chi connectivity index (χ0v) is 12.6. The second-order valence-electron chi connectivity index (χ2n) is 5.88. The van der Waals surface area contributed by atoms with Gasteiger partial charge in [-0.2, -0.15) is 0 Å². The van der Waals surface area contributed by atoms with Gasteiger partial charge < -0.3 is 16.0 Å². The highest BCUT2D eigenvalue weighted by molar-refractivity contribution is 5.96. The van der Waals surface area contributed by atoms with Crippen LogP contribution in [0, 0.1) is 5.92 Å². The lowest BCUT2D eigenvalue weighted by Gasteiger charge is -2.36. The highest BCUT2D eigenvalue weighted by Gasteiger charge is 2.26. The molecule has 1 aromatic carbocycles. The largest absolute Gasteiger partial charge is 0.399 e. The first-order chi connectivity index (χ1) is 9.97. The fourth-order valence-corrected chi connectivity index (χ4v) is 2.63. The van der Waals surface area contributed by atoms with Crippen LogP contribution in [0.5, 0.6) is 0 Å². The van der Waals surface area contributed by atoms with Gasteiger partial charge in [0.1, 0.15) is 0 Å². The summed E-state index contributed by atoms with van der Waals surface area (Å²) in [6.45, 7) is 5.03. The highest BCUT2D eigenvalue weighted by atomic mass is 16.2. The Labute approximate surface area is 125 Å². The van der Waals surface area contributed by atoms with Crippen LogP contribution in [-0.4, -0.2) is 35.8 Å². The van der Waals surface area contributed by atoms with Crippen molar-refractivity contribution in [2.45, 2.75) is 32.7 Å². The van der Waals surface area contributed by atoms with Crippen LogP contribution in [-0.2, 0) is 4.79 Å². The van der Waals surface area contributed by atoms with Gasteiger partial charge in [0.15, 0.2) is 0 Å². The monoisotopic (exact) mass is 289 g/mol. The van der Waals surface area contributed by atoms with Gasteiger partial charge >= 0.3 is 0 Å². The third-order valence-corrected chi connectivity index (χ3v) is 4.01. The molecule has 5 heteroatoms. The van der Waals surface area contributed by atoms with Gasteiger partial charge in [-0.05, 0) is 49.9 Å². The normalized spacial score (nSPS) is 21.9. The third-order valence-electron chi connectivity index (χ3n) is 4.01. The minimum absolute atomic E-state index is 0.0159. The topological polar surface area (TPSA) is 75.4 Å². The number of carbonyl (C=O) groups excluding carboxylic acids is 2. The molecule has 1 fully saturated rings. The van der Waals surface area contributed by atoms with Crippen molar-refractivity contribution in [1.29, 1.82) is 0 Å². The number of carbonyl (C=O) groups is 2. The molecule has 5 nitrogen and oxygen atoms in total. The molecule has 0 saturated carbocycles. The number of nitrogens with zero attached hydrogens (tertiary/aromatic N) is 1. The van der Waals surface area contributed by atoms with Crippen molar-refractivity contribution in [2.75, 3.05) is 18.8 Å². The minimum Gasteiger partial charge on any atom is -0.399 e. The van der Waals surface area contributed by atoms with Gasteiger partial charge in [0.05, 0.1) is 6.54 Å². The Morgan fingerprint density at radius 2 is 1.90 bits per heavy atom. The molecule has 1 aromatic rings. The SMILES string of the molecule is CC1CCC(C)N(C(=O)CNC(=O)c2ccc(N)cc2)C1. The number of likely N-dealkylation sites (tertiary alicyclic amines) is 1. The van der Waals surface area contributed by atoms with E-state index in [0.29, 0.717) is 17.2 Å². The molecule has 1 saturated heterocycles. The van der Waals surface area contributed by atoms with E-state index in [4.69, 9.17) is 5.73 Å². The summed E-state index contributed by atoms with van der Waals surface area (Å²) in [4.78, 5) is 26.1. The number of benzene rings is 1. The lowest BCUT2D eigenvalue weighted by atomic mass is 9.95. The standard InChI is InChI=1S/C16H23N3O2/c1-11-3-4-12(2)19(10-11)15(20)9-18-16(21)13-5-7-14(17)8-6-13/h5-8,11-12H,3-4,9-10,17H2,1-2H3,(H,18,21). The number of anilines is 1. The van der Waals surface area contributed by atoms with E-state index >= 15 is 0 Å². The van der Waals surface area contributed by atoms with Crippen LogP contribution in [0.4, 0.5) is 5.69 Å². The van der Waals surface area contributed by atoms with Gasteiger partial charge in [-0.15, -0.1) is 0 Å². The second kappa shape index (κ2) is 6.61. The summed E-state index contributed by atoms with van der Waals surface area (Å²) in [5.41, 5.74) is 6.70. The predicted molar refractivity (Wildman–Crippen MR) is 82.8 cm³/mol. The van der Waals surface area contributed by atoms with Gasteiger partial charge in [-0.3, -0.25) is 9.59 Å². The van der Waals surface area contributed by atoms with Gasteiger partial charge in [0.25, 0.3) is 5.91 Å². The predicted octanol–water partition coefficient (Wildman–Crippen LogP) is 1.65. The van der Waals surface area contributed by atoms with Crippen LogP contribution >= 0.6 is 0 Å². The second-order valence-corrected chi connectivity index (χ2v) is 5.88. The molecule has 2 atom stereocenters. The highest BCUT2D eigenvalue weighted by Crippen LogP contribution is 2.21. The van der Waals surface area contributed by atoms with Crippen LogP contribution in [0.25, 0.3) is 0 Å². The van der Waals surface area contributed by atoms with Crippen molar-refractivity contribution < 1.29 is 9.59 Å².